The van der Waals surface area contributed by atoms with E-state index in [0.29, 0.717) is 0 Å². The van der Waals surface area contributed by atoms with Gasteiger partial charge in [-0.25, -0.2) is 0 Å². The predicted molar refractivity (Wildman–Crippen MR) is 76.4 cm³/mol. The maximum atomic E-state index is 5.94. The van der Waals surface area contributed by atoms with Gasteiger partial charge in [-0.3, -0.25) is 4.68 Å². The van der Waals surface area contributed by atoms with Gasteiger partial charge in [0, 0.05) is 11.9 Å². The van der Waals surface area contributed by atoms with Crippen LogP contribution in [0, 0.1) is 0 Å². The minimum Gasteiger partial charge on any atom is -0.396 e. The van der Waals surface area contributed by atoms with Crippen LogP contribution in [0.1, 0.15) is 0 Å². The molecule has 2 aromatic heterocycles. The molecule has 0 bridgehead atoms. The van der Waals surface area contributed by atoms with Gasteiger partial charge in [0.2, 0.25) is 0 Å². The van der Waals surface area contributed by atoms with Crippen molar-refractivity contribution in [2.75, 3.05) is 5.73 Å². The molecule has 0 unspecified atom stereocenters. The number of nitrogen functional groups attached to an aromatic ring is 1. The Hall–Kier alpha value is -2.07. The van der Waals surface area contributed by atoms with Gasteiger partial charge in [-0.1, -0.05) is 30.3 Å². The summed E-state index contributed by atoms with van der Waals surface area (Å²) in [5.41, 5.74) is 8.89. The molecule has 2 N–H and O–H groups in total. The lowest BCUT2D eigenvalue weighted by Crippen LogP contribution is -1.93. The quantitative estimate of drug-likeness (QED) is 0.762. The Morgan fingerprint density at radius 1 is 1.06 bits per heavy atom. The molecule has 3 aromatic rings. The molecular formula is C14H13N3S. The molecule has 0 atom stereocenters. The van der Waals surface area contributed by atoms with E-state index >= 15 is 0 Å². The summed E-state index contributed by atoms with van der Waals surface area (Å²) in [6.45, 7) is 0. The molecule has 0 aliphatic carbocycles. The topological polar surface area (TPSA) is 43.8 Å². The second-order valence-corrected chi connectivity index (χ2v) is 5.19. The number of nitrogens with zero attached hydrogens (tertiary/aromatic N) is 2. The molecule has 0 aliphatic rings. The highest BCUT2D eigenvalue weighted by Crippen LogP contribution is 2.36. The van der Waals surface area contributed by atoms with Crippen LogP contribution in [-0.4, -0.2) is 9.78 Å². The van der Waals surface area contributed by atoms with Gasteiger partial charge in [-0.2, -0.15) is 5.10 Å². The van der Waals surface area contributed by atoms with Crippen LogP contribution >= 0.6 is 11.3 Å². The molecule has 90 valence electrons. The van der Waals surface area contributed by atoms with Crippen molar-refractivity contribution in [1.29, 1.82) is 0 Å². The molecule has 0 spiro atoms. The van der Waals surface area contributed by atoms with E-state index in [1.54, 1.807) is 17.5 Å². The molecule has 0 saturated carbocycles. The highest BCUT2D eigenvalue weighted by molar-refractivity contribution is 7.18. The Labute approximate surface area is 109 Å². The van der Waals surface area contributed by atoms with E-state index < -0.39 is 0 Å². The van der Waals surface area contributed by atoms with E-state index in [0.717, 1.165) is 16.3 Å². The minimum absolute atomic E-state index is 0.721. The van der Waals surface area contributed by atoms with Crippen molar-refractivity contribution in [2.24, 2.45) is 7.05 Å². The van der Waals surface area contributed by atoms with Gasteiger partial charge in [-0.05, 0) is 17.7 Å². The SMILES string of the molecule is Cn1ncc(N)c1-c1ccc(-c2ccccc2)s1. The molecule has 0 aliphatic heterocycles. The van der Waals surface area contributed by atoms with E-state index in [9.17, 15) is 0 Å². The first kappa shape index (κ1) is 11.0. The van der Waals surface area contributed by atoms with Crippen LogP contribution in [0.3, 0.4) is 0 Å². The zero-order valence-electron chi connectivity index (χ0n) is 10.00. The largest absolute Gasteiger partial charge is 0.396 e. The average Bonchev–Trinajstić information content (AvgIpc) is 2.98. The maximum absolute atomic E-state index is 5.94. The number of rotatable bonds is 2. The molecule has 3 rings (SSSR count). The minimum atomic E-state index is 0.721. The van der Waals surface area contributed by atoms with Crippen LogP contribution in [0.25, 0.3) is 21.0 Å². The number of hydrogen-bond donors (Lipinski definition) is 1. The van der Waals surface area contributed by atoms with E-state index in [-0.39, 0.29) is 0 Å². The van der Waals surface area contributed by atoms with Crippen molar-refractivity contribution < 1.29 is 0 Å². The molecule has 18 heavy (non-hydrogen) atoms. The van der Waals surface area contributed by atoms with Gasteiger partial charge in [0.25, 0.3) is 0 Å². The second-order valence-electron chi connectivity index (χ2n) is 4.10. The first-order chi connectivity index (χ1) is 8.75. The predicted octanol–water partition coefficient (Wildman–Crippen LogP) is 3.40. The Bertz CT molecular complexity index is 648. The fourth-order valence-electron chi connectivity index (χ4n) is 1.98. The van der Waals surface area contributed by atoms with E-state index in [1.165, 1.54) is 10.4 Å². The summed E-state index contributed by atoms with van der Waals surface area (Å²) >= 11 is 1.73. The summed E-state index contributed by atoms with van der Waals surface area (Å²) < 4.78 is 1.82. The van der Waals surface area contributed by atoms with Gasteiger partial charge in [0.1, 0.15) is 5.69 Å². The first-order valence-electron chi connectivity index (χ1n) is 5.69. The van der Waals surface area contributed by atoms with Gasteiger partial charge >= 0.3 is 0 Å². The summed E-state index contributed by atoms with van der Waals surface area (Å²) in [7, 11) is 1.91. The number of hydrogen-bond acceptors (Lipinski definition) is 3. The van der Waals surface area contributed by atoms with Gasteiger partial charge < -0.3 is 5.73 Å². The smallest absolute Gasteiger partial charge is 0.101 e. The normalized spacial score (nSPS) is 10.7. The summed E-state index contributed by atoms with van der Waals surface area (Å²) in [4.78, 5) is 2.39. The van der Waals surface area contributed by atoms with Crippen LogP contribution in [0.2, 0.25) is 0 Å². The zero-order valence-corrected chi connectivity index (χ0v) is 10.8. The molecule has 2 heterocycles. The van der Waals surface area contributed by atoms with Crippen LogP contribution in [-0.2, 0) is 7.05 Å². The molecule has 0 amide bonds. The van der Waals surface area contributed by atoms with Crippen molar-refractivity contribution in [2.45, 2.75) is 0 Å². The lowest BCUT2D eigenvalue weighted by molar-refractivity contribution is 0.777. The first-order valence-corrected chi connectivity index (χ1v) is 6.50. The van der Waals surface area contributed by atoms with Gasteiger partial charge in [0.05, 0.1) is 16.8 Å². The lowest BCUT2D eigenvalue weighted by Gasteiger charge is -1.99. The fraction of sp³-hybridized carbons (Fsp3) is 0.0714. The molecule has 3 nitrogen and oxygen atoms in total. The van der Waals surface area contributed by atoms with Crippen molar-refractivity contribution in [3.05, 3.63) is 48.7 Å². The van der Waals surface area contributed by atoms with Gasteiger partial charge in [-0.15, -0.1) is 11.3 Å². The summed E-state index contributed by atoms with van der Waals surface area (Å²) in [6, 6.07) is 14.6. The maximum Gasteiger partial charge on any atom is 0.101 e. The van der Waals surface area contributed by atoms with E-state index in [4.69, 9.17) is 5.73 Å². The standard InChI is InChI=1S/C14H13N3S/c1-17-14(11(15)9-16-17)13-8-7-12(18-13)10-5-3-2-4-6-10/h2-9H,15H2,1H3. The average molecular weight is 255 g/mol. The van der Waals surface area contributed by atoms with E-state index in [2.05, 4.69) is 29.4 Å². The Kier molecular flexibility index (Phi) is 2.64. The molecule has 0 radical (unpaired) electrons. The number of thiophene rings is 1. The molecular weight excluding hydrogens is 242 g/mol. The third kappa shape index (κ3) is 1.80. The van der Waals surface area contributed by atoms with Crippen molar-refractivity contribution >= 4 is 17.0 Å². The number of aryl methyl sites for hydroxylation is 1. The number of nitrogens with two attached hydrogens (primary N) is 1. The van der Waals surface area contributed by atoms with Crippen molar-refractivity contribution in [3.63, 3.8) is 0 Å². The monoisotopic (exact) mass is 255 g/mol. The highest BCUT2D eigenvalue weighted by Gasteiger charge is 2.11. The molecule has 0 saturated heterocycles. The van der Waals surface area contributed by atoms with Crippen LogP contribution in [0.4, 0.5) is 5.69 Å². The molecule has 4 heteroatoms. The number of benzene rings is 1. The highest BCUT2D eigenvalue weighted by atomic mass is 32.1. The second kappa shape index (κ2) is 4.31. The number of anilines is 1. The van der Waals surface area contributed by atoms with E-state index in [1.807, 2.05) is 29.9 Å². The van der Waals surface area contributed by atoms with Crippen LogP contribution < -0.4 is 5.73 Å². The summed E-state index contributed by atoms with van der Waals surface area (Å²) in [6.07, 6.45) is 1.69. The summed E-state index contributed by atoms with van der Waals surface area (Å²) in [5.74, 6) is 0. The Balaban J connectivity index is 2.05. The Morgan fingerprint density at radius 3 is 2.44 bits per heavy atom. The molecule has 0 fully saturated rings. The summed E-state index contributed by atoms with van der Waals surface area (Å²) in [5, 5.41) is 4.17. The zero-order chi connectivity index (χ0) is 12.5. The third-order valence-electron chi connectivity index (χ3n) is 2.86. The van der Waals surface area contributed by atoms with Crippen molar-refractivity contribution in [3.8, 4) is 21.0 Å². The molecule has 1 aromatic carbocycles. The van der Waals surface area contributed by atoms with Crippen molar-refractivity contribution in [1.82, 2.24) is 9.78 Å². The third-order valence-corrected chi connectivity index (χ3v) is 4.01. The van der Waals surface area contributed by atoms with Crippen LogP contribution in [0.5, 0.6) is 0 Å². The Morgan fingerprint density at radius 2 is 1.78 bits per heavy atom. The van der Waals surface area contributed by atoms with Gasteiger partial charge in [0.15, 0.2) is 0 Å². The fourth-order valence-corrected chi connectivity index (χ4v) is 3.09. The lowest BCUT2D eigenvalue weighted by atomic mass is 10.2. The number of aromatic nitrogens is 2. The van der Waals surface area contributed by atoms with Crippen LogP contribution in [0.15, 0.2) is 48.7 Å².